The van der Waals surface area contributed by atoms with Gasteiger partial charge in [-0.1, -0.05) is 23.7 Å². The third-order valence-corrected chi connectivity index (χ3v) is 7.46. The lowest BCUT2D eigenvalue weighted by Crippen LogP contribution is -2.58. The van der Waals surface area contributed by atoms with Gasteiger partial charge in [-0.15, -0.1) is 5.10 Å². The molecular formula is C23H34ClN7O2. The molecule has 4 N–H and O–H groups in total. The lowest BCUT2D eigenvalue weighted by atomic mass is 9.96. The van der Waals surface area contributed by atoms with Crippen LogP contribution in [0.3, 0.4) is 0 Å². The van der Waals surface area contributed by atoms with Crippen molar-refractivity contribution in [1.29, 1.82) is 0 Å². The number of nitrogens with zero attached hydrogens (tertiary/aromatic N) is 5. The van der Waals surface area contributed by atoms with Crippen LogP contribution in [-0.4, -0.2) is 100 Å². The number of anilines is 2. The summed E-state index contributed by atoms with van der Waals surface area (Å²) in [5.74, 6) is 1.05. The lowest BCUT2D eigenvalue weighted by molar-refractivity contribution is -0.0901. The fourth-order valence-electron chi connectivity index (χ4n) is 5.48. The Bertz CT molecular complexity index is 902. The van der Waals surface area contributed by atoms with E-state index in [2.05, 4.69) is 42.0 Å². The Kier molecular flexibility index (Phi) is 7.03. The minimum Gasteiger partial charge on any atom is -0.392 e. The summed E-state index contributed by atoms with van der Waals surface area (Å²) in [6.07, 6.45) is 3.89. The van der Waals surface area contributed by atoms with Crippen LogP contribution in [0.25, 0.3) is 0 Å². The molecule has 0 radical (unpaired) electrons. The van der Waals surface area contributed by atoms with Crippen LogP contribution in [0.2, 0.25) is 5.02 Å². The Morgan fingerprint density at radius 3 is 2.58 bits per heavy atom. The molecular weight excluding hydrogens is 442 g/mol. The molecule has 10 heteroatoms. The molecule has 3 fully saturated rings. The summed E-state index contributed by atoms with van der Waals surface area (Å²) in [4.78, 5) is 11.5. The van der Waals surface area contributed by atoms with Gasteiger partial charge >= 0.3 is 0 Å². The van der Waals surface area contributed by atoms with E-state index in [1.807, 2.05) is 12.1 Å². The normalized spacial score (nSPS) is 27.9. The van der Waals surface area contributed by atoms with E-state index < -0.39 is 0 Å². The summed E-state index contributed by atoms with van der Waals surface area (Å²) in [5.41, 5.74) is 7.00. The zero-order valence-electron chi connectivity index (χ0n) is 18.9. The van der Waals surface area contributed by atoms with E-state index in [-0.39, 0.29) is 12.2 Å². The lowest BCUT2D eigenvalue weighted by Gasteiger charge is -2.47. The molecule has 3 atom stereocenters. The average molecular weight is 476 g/mol. The van der Waals surface area contributed by atoms with Gasteiger partial charge in [0.25, 0.3) is 0 Å². The number of morpholine rings is 1. The van der Waals surface area contributed by atoms with E-state index in [1.54, 1.807) is 0 Å². The zero-order chi connectivity index (χ0) is 22.8. The van der Waals surface area contributed by atoms with Crippen molar-refractivity contribution in [2.45, 2.75) is 50.0 Å². The molecule has 3 saturated heterocycles. The first-order chi connectivity index (χ1) is 16.0. The number of nitrogen functional groups attached to an aromatic ring is 1. The summed E-state index contributed by atoms with van der Waals surface area (Å²) in [6.45, 7) is 6.06. The van der Waals surface area contributed by atoms with Crippen LogP contribution in [0.1, 0.15) is 24.8 Å². The highest BCUT2D eigenvalue weighted by Crippen LogP contribution is 2.27. The number of aliphatic hydroxyl groups excluding tert-OH is 1. The Morgan fingerprint density at radius 1 is 1.12 bits per heavy atom. The number of hydrogen-bond acceptors (Lipinski definition) is 8. The van der Waals surface area contributed by atoms with Crippen molar-refractivity contribution in [2.24, 2.45) is 0 Å². The number of β-amino-alcohol motifs (C(OH)–C–C–N with tert-alkyl or cyclic N) is 1. The van der Waals surface area contributed by atoms with Crippen LogP contribution in [-0.2, 0) is 11.2 Å². The monoisotopic (exact) mass is 475 g/mol. The molecule has 3 aliphatic rings. The number of rotatable bonds is 6. The van der Waals surface area contributed by atoms with Crippen LogP contribution in [0, 0.1) is 0 Å². The van der Waals surface area contributed by atoms with Gasteiger partial charge in [0.1, 0.15) is 0 Å². The molecule has 1 aromatic heterocycles. The van der Waals surface area contributed by atoms with Crippen LogP contribution < -0.4 is 10.6 Å². The molecule has 0 spiro atoms. The summed E-state index contributed by atoms with van der Waals surface area (Å²) >= 11 is 6.10. The number of aromatic amines is 1. The molecule has 2 aromatic rings. The number of benzene rings is 1. The topological polar surface area (TPSA) is 107 Å². The molecule has 1 aromatic carbocycles. The summed E-state index contributed by atoms with van der Waals surface area (Å²) < 4.78 is 6.36. The number of likely N-dealkylation sites (tertiary alicyclic amines) is 1. The van der Waals surface area contributed by atoms with Gasteiger partial charge in [-0.3, -0.25) is 9.80 Å². The Labute approximate surface area is 199 Å². The second-order valence-electron chi connectivity index (χ2n) is 9.58. The molecule has 4 heterocycles. The number of nitrogens with two attached hydrogens (primary N) is 1. The number of H-pyrrole nitrogens is 1. The first-order valence-electron chi connectivity index (χ1n) is 12.0. The number of hydrogen-bond donors (Lipinski definition) is 3. The van der Waals surface area contributed by atoms with E-state index in [0.29, 0.717) is 24.0 Å². The van der Waals surface area contributed by atoms with Crippen molar-refractivity contribution < 1.29 is 9.84 Å². The maximum absolute atomic E-state index is 9.90. The third kappa shape index (κ3) is 5.60. The van der Waals surface area contributed by atoms with Gasteiger partial charge in [0, 0.05) is 56.4 Å². The second kappa shape index (κ2) is 10.1. The summed E-state index contributed by atoms with van der Waals surface area (Å²) in [5, 5.41) is 17.6. The highest BCUT2D eigenvalue weighted by molar-refractivity contribution is 6.30. The molecule has 3 aliphatic heterocycles. The van der Waals surface area contributed by atoms with Gasteiger partial charge in [0.2, 0.25) is 11.9 Å². The fraction of sp³-hybridized carbons (Fsp3) is 0.652. The molecule has 0 bridgehead atoms. The predicted octanol–water partition coefficient (Wildman–Crippen LogP) is 1.39. The van der Waals surface area contributed by atoms with Gasteiger partial charge in [0.05, 0.1) is 18.8 Å². The average Bonchev–Trinajstić information content (AvgIpc) is 3.44. The molecule has 0 saturated carbocycles. The smallest absolute Gasteiger partial charge is 0.246 e. The van der Waals surface area contributed by atoms with Gasteiger partial charge in [0.15, 0.2) is 0 Å². The number of halogens is 1. The van der Waals surface area contributed by atoms with E-state index in [0.717, 1.165) is 76.6 Å². The molecule has 5 rings (SSSR count). The SMILES string of the molecule is Nc1nc(N2CCC(N3C[C@H](CN4CC[C@H](O)C4)OC[C@@H]3Cc3ccc(Cl)cc3)CC2)n[nH]1. The van der Waals surface area contributed by atoms with Gasteiger partial charge in [-0.05, 0) is 43.4 Å². The van der Waals surface area contributed by atoms with Crippen molar-refractivity contribution in [3.05, 3.63) is 34.9 Å². The van der Waals surface area contributed by atoms with Crippen LogP contribution in [0.4, 0.5) is 11.9 Å². The number of piperidine rings is 1. The molecule has 0 aliphatic carbocycles. The van der Waals surface area contributed by atoms with Crippen molar-refractivity contribution in [2.75, 3.05) is 56.5 Å². The Morgan fingerprint density at radius 2 is 1.91 bits per heavy atom. The molecule has 0 amide bonds. The van der Waals surface area contributed by atoms with Crippen molar-refractivity contribution in [1.82, 2.24) is 25.0 Å². The number of ether oxygens (including phenoxy) is 1. The first-order valence-corrected chi connectivity index (χ1v) is 12.4. The van der Waals surface area contributed by atoms with Crippen molar-refractivity contribution in [3.63, 3.8) is 0 Å². The molecule has 0 unspecified atom stereocenters. The minimum absolute atomic E-state index is 0.169. The van der Waals surface area contributed by atoms with Crippen molar-refractivity contribution >= 4 is 23.5 Å². The van der Waals surface area contributed by atoms with E-state index >= 15 is 0 Å². The maximum atomic E-state index is 9.90. The Hall–Kier alpha value is -1.91. The van der Waals surface area contributed by atoms with Crippen LogP contribution >= 0.6 is 11.6 Å². The molecule has 9 nitrogen and oxygen atoms in total. The quantitative estimate of drug-likeness (QED) is 0.575. The van der Waals surface area contributed by atoms with E-state index in [9.17, 15) is 5.11 Å². The highest BCUT2D eigenvalue weighted by atomic mass is 35.5. The number of nitrogens with one attached hydrogen (secondary N) is 1. The van der Waals surface area contributed by atoms with E-state index in [4.69, 9.17) is 22.1 Å². The van der Waals surface area contributed by atoms with Crippen LogP contribution in [0.5, 0.6) is 0 Å². The molecule has 33 heavy (non-hydrogen) atoms. The van der Waals surface area contributed by atoms with Gasteiger partial charge in [-0.25, -0.2) is 5.10 Å². The number of aromatic nitrogens is 3. The standard InChI is InChI=1S/C23H34ClN7O2/c24-17-3-1-16(2-4-17)11-19-15-33-21(13-29-8-7-20(32)12-29)14-31(19)18-5-9-30(10-6-18)23-26-22(25)27-28-23/h1-4,18-21,32H,5-15H2,(H3,25,26,27,28)/t19-,20-,21-/m0/s1. The summed E-state index contributed by atoms with van der Waals surface area (Å²) in [7, 11) is 0. The van der Waals surface area contributed by atoms with E-state index in [1.165, 1.54) is 5.56 Å². The Balaban J connectivity index is 1.25. The maximum Gasteiger partial charge on any atom is 0.246 e. The summed E-state index contributed by atoms with van der Waals surface area (Å²) in [6, 6.07) is 9.00. The minimum atomic E-state index is -0.198. The fourth-order valence-corrected chi connectivity index (χ4v) is 5.60. The highest BCUT2D eigenvalue weighted by Gasteiger charge is 2.37. The first kappa shape index (κ1) is 22.9. The van der Waals surface area contributed by atoms with Gasteiger partial charge in [-0.2, -0.15) is 4.98 Å². The number of aliphatic hydroxyl groups is 1. The van der Waals surface area contributed by atoms with Crippen LogP contribution in [0.15, 0.2) is 24.3 Å². The van der Waals surface area contributed by atoms with Crippen molar-refractivity contribution in [3.8, 4) is 0 Å². The zero-order valence-corrected chi connectivity index (χ0v) is 19.7. The third-order valence-electron chi connectivity index (χ3n) is 7.21. The predicted molar refractivity (Wildman–Crippen MR) is 128 cm³/mol. The largest absolute Gasteiger partial charge is 0.392 e. The second-order valence-corrected chi connectivity index (χ2v) is 10.0. The molecule has 180 valence electrons. The van der Waals surface area contributed by atoms with Gasteiger partial charge < -0.3 is 20.5 Å².